The van der Waals surface area contributed by atoms with Crippen molar-refractivity contribution >= 4 is 11.8 Å². The average molecular weight is 217 g/mol. The number of rotatable bonds is 7. The van der Waals surface area contributed by atoms with E-state index in [-0.39, 0.29) is 0 Å². The molecule has 84 valence electrons. The number of ether oxygens (including phenoxy) is 1. The quantitative estimate of drug-likeness (QED) is 0.661. The molecule has 1 fully saturated rings. The number of hydrogen-bond donors (Lipinski definition) is 1. The summed E-state index contributed by atoms with van der Waals surface area (Å²) in [7, 11) is 1.78. The molecule has 0 aromatic carbocycles. The van der Waals surface area contributed by atoms with Crippen LogP contribution in [0.3, 0.4) is 0 Å². The molecule has 2 atom stereocenters. The van der Waals surface area contributed by atoms with Gasteiger partial charge < -0.3 is 10.1 Å². The third-order valence-corrected chi connectivity index (χ3v) is 4.01. The largest absolute Gasteiger partial charge is 0.384 e. The molecule has 1 saturated carbocycles. The highest BCUT2D eigenvalue weighted by Gasteiger charge is 2.23. The van der Waals surface area contributed by atoms with Gasteiger partial charge in [0, 0.05) is 24.2 Å². The fourth-order valence-corrected chi connectivity index (χ4v) is 3.19. The molecule has 1 aliphatic carbocycles. The Morgan fingerprint density at radius 2 is 2.29 bits per heavy atom. The van der Waals surface area contributed by atoms with Crippen LogP contribution in [0.2, 0.25) is 0 Å². The Bertz CT molecular complexity index is 143. The molecule has 0 aliphatic heterocycles. The van der Waals surface area contributed by atoms with E-state index in [1.807, 2.05) is 0 Å². The SMILES string of the molecule is CCCNC1CCC(SCCOC)C1. The molecule has 3 heteroatoms. The van der Waals surface area contributed by atoms with Crippen LogP contribution in [-0.2, 0) is 4.74 Å². The van der Waals surface area contributed by atoms with Gasteiger partial charge in [-0.1, -0.05) is 6.92 Å². The summed E-state index contributed by atoms with van der Waals surface area (Å²) in [5, 5.41) is 4.48. The molecule has 0 bridgehead atoms. The predicted octanol–water partition coefficient (Wildman–Crippen LogP) is 2.29. The summed E-state index contributed by atoms with van der Waals surface area (Å²) in [6.45, 7) is 4.31. The zero-order valence-electron chi connectivity index (χ0n) is 9.42. The second-order valence-electron chi connectivity index (χ2n) is 3.95. The first-order chi connectivity index (χ1) is 6.86. The highest BCUT2D eigenvalue weighted by Crippen LogP contribution is 2.29. The molecule has 14 heavy (non-hydrogen) atoms. The highest BCUT2D eigenvalue weighted by molar-refractivity contribution is 7.99. The summed E-state index contributed by atoms with van der Waals surface area (Å²) in [6, 6.07) is 0.787. The third-order valence-electron chi connectivity index (χ3n) is 2.71. The molecule has 0 amide bonds. The minimum atomic E-state index is 0.787. The van der Waals surface area contributed by atoms with Gasteiger partial charge in [-0.25, -0.2) is 0 Å². The van der Waals surface area contributed by atoms with E-state index < -0.39 is 0 Å². The molecule has 0 heterocycles. The first-order valence-corrected chi connectivity index (χ1v) is 6.75. The molecule has 2 unspecified atom stereocenters. The first-order valence-electron chi connectivity index (χ1n) is 5.70. The van der Waals surface area contributed by atoms with Gasteiger partial charge in [-0.2, -0.15) is 11.8 Å². The maximum atomic E-state index is 5.06. The molecule has 1 rings (SSSR count). The van der Waals surface area contributed by atoms with Crippen LogP contribution in [0.4, 0.5) is 0 Å². The molecule has 1 N–H and O–H groups in total. The van der Waals surface area contributed by atoms with Crippen molar-refractivity contribution < 1.29 is 4.74 Å². The molecule has 1 aliphatic rings. The van der Waals surface area contributed by atoms with Crippen molar-refractivity contribution in [1.29, 1.82) is 0 Å². The summed E-state index contributed by atoms with van der Waals surface area (Å²) in [6.07, 6.45) is 5.35. The van der Waals surface area contributed by atoms with Crippen molar-refractivity contribution in [3.8, 4) is 0 Å². The van der Waals surface area contributed by atoms with Gasteiger partial charge in [-0.3, -0.25) is 0 Å². The van der Waals surface area contributed by atoms with E-state index in [2.05, 4.69) is 24.0 Å². The topological polar surface area (TPSA) is 21.3 Å². The minimum Gasteiger partial charge on any atom is -0.384 e. The van der Waals surface area contributed by atoms with Gasteiger partial charge in [0.15, 0.2) is 0 Å². The second-order valence-corrected chi connectivity index (χ2v) is 5.36. The first kappa shape index (κ1) is 12.3. The predicted molar refractivity (Wildman–Crippen MR) is 64.1 cm³/mol. The highest BCUT2D eigenvalue weighted by atomic mass is 32.2. The maximum absolute atomic E-state index is 5.06. The maximum Gasteiger partial charge on any atom is 0.0553 e. The number of thioether (sulfide) groups is 1. The summed E-state index contributed by atoms with van der Waals surface area (Å²) < 4.78 is 5.06. The Morgan fingerprint density at radius 1 is 1.43 bits per heavy atom. The van der Waals surface area contributed by atoms with Crippen molar-refractivity contribution in [3.63, 3.8) is 0 Å². The standard InChI is InChI=1S/C11H23NOS/c1-3-6-12-10-4-5-11(9-10)14-8-7-13-2/h10-12H,3-9H2,1-2H3. The smallest absolute Gasteiger partial charge is 0.0553 e. The number of nitrogens with one attached hydrogen (secondary N) is 1. The van der Waals surface area contributed by atoms with Crippen LogP contribution in [0, 0.1) is 0 Å². The van der Waals surface area contributed by atoms with Gasteiger partial charge in [0.05, 0.1) is 6.61 Å². The van der Waals surface area contributed by atoms with E-state index in [0.717, 1.165) is 23.7 Å². The lowest BCUT2D eigenvalue weighted by Crippen LogP contribution is -2.27. The molecular weight excluding hydrogens is 194 g/mol. The summed E-state index contributed by atoms with van der Waals surface area (Å²) >= 11 is 2.08. The van der Waals surface area contributed by atoms with Crippen molar-refractivity contribution in [2.75, 3.05) is 26.0 Å². The van der Waals surface area contributed by atoms with Crippen LogP contribution in [0.15, 0.2) is 0 Å². The van der Waals surface area contributed by atoms with Crippen molar-refractivity contribution in [1.82, 2.24) is 5.32 Å². The Balaban J connectivity index is 2.02. The fraction of sp³-hybridized carbons (Fsp3) is 1.00. The molecule has 2 nitrogen and oxygen atoms in total. The van der Waals surface area contributed by atoms with Crippen LogP contribution in [0.5, 0.6) is 0 Å². The lowest BCUT2D eigenvalue weighted by molar-refractivity contribution is 0.218. The second kappa shape index (κ2) is 7.55. The Labute approximate surface area is 92.2 Å². The van der Waals surface area contributed by atoms with E-state index in [1.54, 1.807) is 7.11 Å². The zero-order valence-corrected chi connectivity index (χ0v) is 10.2. The fourth-order valence-electron chi connectivity index (χ4n) is 1.92. The lowest BCUT2D eigenvalue weighted by atomic mass is 10.2. The lowest BCUT2D eigenvalue weighted by Gasteiger charge is -2.12. The summed E-state index contributed by atoms with van der Waals surface area (Å²) in [4.78, 5) is 0. The molecule has 0 aromatic rings. The molecular formula is C11H23NOS. The average Bonchev–Trinajstić information content (AvgIpc) is 2.63. The van der Waals surface area contributed by atoms with Crippen LogP contribution < -0.4 is 5.32 Å². The van der Waals surface area contributed by atoms with E-state index >= 15 is 0 Å². The van der Waals surface area contributed by atoms with Gasteiger partial charge in [-0.05, 0) is 32.2 Å². The van der Waals surface area contributed by atoms with Crippen molar-refractivity contribution in [2.24, 2.45) is 0 Å². The van der Waals surface area contributed by atoms with Crippen molar-refractivity contribution in [2.45, 2.75) is 43.9 Å². The number of methoxy groups -OCH3 is 1. The Hall–Kier alpha value is 0.270. The van der Waals surface area contributed by atoms with Gasteiger partial charge >= 0.3 is 0 Å². The molecule has 0 spiro atoms. The Kier molecular flexibility index (Phi) is 6.65. The van der Waals surface area contributed by atoms with E-state index in [0.29, 0.717) is 0 Å². The summed E-state index contributed by atoms with van der Waals surface area (Å²) in [5.74, 6) is 1.15. The monoisotopic (exact) mass is 217 g/mol. The van der Waals surface area contributed by atoms with Crippen molar-refractivity contribution in [3.05, 3.63) is 0 Å². The molecule has 0 saturated heterocycles. The van der Waals surface area contributed by atoms with Gasteiger partial charge in [0.25, 0.3) is 0 Å². The van der Waals surface area contributed by atoms with E-state index in [4.69, 9.17) is 4.74 Å². The van der Waals surface area contributed by atoms with Gasteiger partial charge in [0.1, 0.15) is 0 Å². The Morgan fingerprint density at radius 3 is 3.00 bits per heavy atom. The zero-order chi connectivity index (χ0) is 10.2. The molecule has 0 radical (unpaired) electrons. The van der Waals surface area contributed by atoms with E-state index in [9.17, 15) is 0 Å². The number of hydrogen-bond acceptors (Lipinski definition) is 3. The van der Waals surface area contributed by atoms with Crippen LogP contribution in [0.25, 0.3) is 0 Å². The normalized spacial score (nSPS) is 27.0. The van der Waals surface area contributed by atoms with Crippen LogP contribution in [-0.4, -0.2) is 37.3 Å². The summed E-state index contributed by atoms with van der Waals surface area (Å²) in [5.41, 5.74) is 0. The van der Waals surface area contributed by atoms with Crippen LogP contribution in [0.1, 0.15) is 32.6 Å². The minimum absolute atomic E-state index is 0.787. The van der Waals surface area contributed by atoms with E-state index in [1.165, 1.54) is 32.2 Å². The van der Waals surface area contributed by atoms with Gasteiger partial charge in [0.2, 0.25) is 0 Å². The van der Waals surface area contributed by atoms with Gasteiger partial charge in [-0.15, -0.1) is 0 Å². The third kappa shape index (κ3) is 4.67. The molecule has 0 aromatic heterocycles. The van der Waals surface area contributed by atoms with Crippen LogP contribution >= 0.6 is 11.8 Å².